The van der Waals surface area contributed by atoms with Gasteiger partial charge in [0.15, 0.2) is 0 Å². The first kappa shape index (κ1) is 10.5. The van der Waals surface area contributed by atoms with Gasteiger partial charge in [0, 0.05) is 12.4 Å². The fraction of sp³-hybridized carbons (Fsp3) is 0.154. The van der Waals surface area contributed by atoms with Crippen LogP contribution in [0.4, 0.5) is 0 Å². The van der Waals surface area contributed by atoms with E-state index in [2.05, 4.69) is 42.8 Å². The van der Waals surface area contributed by atoms with Gasteiger partial charge in [0.1, 0.15) is 0 Å². The van der Waals surface area contributed by atoms with Crippen molar-refractivity contribution in [3.05, 3.63) is 54.2 Å². The minimum atomic E-state index is 0.933. The predicted molar refractivity (Wildman–Crippen MR) is 63.5 cm³/mol. The maximum atomic E-state index is 4.08. The summed E-state index contributed by atoms with van der Waals surface area (Å²) in [5.74, 6) is 0. The molecule has 0 amide bonds. The zero-order chi connectivity index (χ0) is 10.4. The summed E-state index contributed by atoms with van der Waals surface area (Å²) in [6.45, 7) is 7.95. The first-order valence-electron chi connectivity index (χ1n) is 4.64. The summed E-state index contributed by atoms with van der Waals surface area (Å²) in [4.78, 5) is 4.08. The number of aliphatic imine (C=N–C) groups is 1. The highest BCUT2D eigenvalue weighted by atomic mass is 14.7. The number of aryl methyl sites for hydroxylation is 1. The van der Waals surface area contributed by atoms with Crippen LogP contribution < -0.4 is 0 Å². The van der Waals surface area contributed by atoms with Crippen LogP contribution in [0.25, 0.3) is 5.57 Å². The van der Waals surface area contributed by atoms with Crippen LogP contribution in [0.1, 0.15) is 18.1 Å². The maximum absolute atomic E-state index is 4.08. The number of nitrogens with zero attached hydrogens (tertiary/aromatic N) is 1. The molecule has 0 N–H and O–H groups in total. The van der Waals surface area contributed by atoms with Gasteiger partial charge in [0.05, 0.1) is 0 Å². The molecule has 1 aromatic carbocycles. The second kappa shape index (κ2) is 5.18. The molecular formula is C13H15N. The molecule has 1 nitrogen and oxygen atoms in total. The Balaban J connectivity index is 2.75. The second-order valence-electron chi connectivity index (χ2n) is 3.15. The third kappa shape index (κ3) is 3.02. The summed E-state index contributed by atoms with van der Waals surface area (Å²) in [5.41, 5.74) is 3.30. The number of rotatable bonds is 3. The van der Waals surface area contributed by atoms with Crippen LogP contribution in [-0.2, 0) is 0 Å². The molecule has 0 aliphatic rings. The normalized spacial score (nSPS) is 11.3. The van der Waals surface area contributed by atoms with E-state index in [1.165, 1.54) is 5.56 Å². The van der Waals surface area contributed by atoms with E-state index in [-0.39, 0.29) is 0 Å². The molecule has 1 heteroatoms. The van der Waals surface area contributed by atoms with Crippen molar-refractivity contribution in [2.24, 2.45) is 4.99 Å². The van der Waals surface area contributed by atoms with E-state index in [9.17, 15) is 0 Å². The fourth-order valence-corrected chi connectivity index (χ4v) is 1.06. The Hall–Kier alpha value is -1.63. The highest BCUT2D eigenvalue weighted by Gasteiger charge is 1.93. The molecular weight excluding hydrogens is 170 g/mol. The van der Waals surface area contributed by atoms with Gasteiger partial charge in [-0.2, -0.15) is 0 Å². The lowest BCUT2D eigenvalue weighted by Gasteiger charge is -1.99. The largest absolute Gasteiger partial charge is 0.264 e. The molecule has 0 bridgehead atoms. The lowest BCUT2D eigenvalue weighted by Crippen LogP contribution is -1.83. The highest BCUT2D eigenvalue weighted by Crippen LogP contribution is 2.11. The third-order valence-corrected chi connectivity index (χ3v) is 1.89. The zero-order valence-corrected chi connectivity index (χ0v) is 8.70. The SMILES string of the molecule is C=C(C=N/C=C\C)c1ccc(C)cc1. The first-order chi connectivity index (χ1) is 6.74. The third-order valence-electron chi connectivity index (χ3n) is 1.89. The topological polar surface area (TPSA) is 12.4 Å². The van der Waals surface area contributed by atoms with Gasteiger partial charge < -0.3 is 0 Å². The Bertz CT molecular complexity index is 355. The maximum Gasteiger partial charge on any atom is 0.0340 e. The van der Waals surface area contributed by atoms with Gasteiger partial charge in [-0.1, -0.05) is 42.5 Å². The molecule has 1 rings (SSSR count). The molecule has 72 valence electrons. The van der Waals surface area contributed by atoms with E-state index in [1.807, 2.05) is 13.0 Å². The lowest BCUT2D eigenvalue weighted by atomic mass is 10.1. The summed E-state index contributed by atoms with van der Waals surface area (Å²) in [6.07, 6.45) is 5.41. The Kier molecular flexibility index (Phi) is 3.86. The number of hydrogen-bond acceptors (Lipinski definition) is 1. The van der Waals surface area contributed by atoms with Crippen molar-refractivity contribution < 1.29 is 0 Å². The molecule has 0 saturated carbocycles. The summed E-state index contributed by atoms with van der Waals surface area (Å²) >= 11 is 0. The van der Waals surface area contributed by atoms with Gasteiger partial charge >= 0.3 is 0 Å². The van der Waals surface area contributed by atoms with E-state index in [0.717, 1.165) is 11.1 Å². The van der Waals surface area contributed by atoms with Crippen LogP contribution in [0.3, 0.4) is 0 Å². The monoisotopic (exact) mass is 185 g/mol. The van der Waals surface area contributed by atoms with Crippen molar-refractivity contribution in [1.82, 2.24) is 0 Å². The Morgan fingerprint density at radius 3 is 2.50 bits per heavy atom. The van der Waals surface area contributed by atoms with Gasteiger partial charge in [-0.25, -0.2) is 0 Å². The molecule has 1 aromatic rings. The van der Waals surface area contributed by atoms with Crippen LogP contribution in [0.2, 0.25) is 0 Å². The van der Waals surface area contributed by atoms with Gasteiger partial charge in [-0.05, 0) is 25.0 Å². The zero-order valence-electron chi connectivity index (χ0n) is 8.70. The Morgan fingerprint density at radius 1 is 1.29 bits per heavy atom. The molecule has 0 fully saturated rings. The van der Waals surface area contributed by atoms with Crippen LogP contribution in [-0.4, -0.2) is 6.21 Å². The van der Waals surface area contributed by atoms with Crippen LogP contribution in [0, 0.1) is 6.92 Å². The second-order valence-corrected chi connectivity index (χ2v) is 3.15. The highest BCUT2D eigenvalue weighted by molar-refractivity contribution is 6.08. The van der Waals surface area contributed by atoms with Crippen molar-refractivity contribution in [2.75, 3.05) is 0 Å². The number of benzene rings is 1. The van der Waals surface area contributed by atoms with Crippen molar-refractivity contribution in [3.8, 4) is 0 Å². The summed E-state index contributed by atoms with van der Waals surface area (Å²) in [6, 6.07) is 8.26. The fourth-order valence-electron chi connectivity index (χ4n) is 1.06. The van der Waals surface area contributed by atoms with Crippen molar-refractivity contribution >= 4 is 11.8 Å². The van der Waals surface area contributed by atoms with E-state index < -0.39 is 0 Å². The smallest absolute Gasteiger partial charge is 0.0340 e. The van der Waals surface area contributed by atoms with E-state index in [4.69, 9.17) is 0 Å². The summed E-state index contributed by atoms with van der Waals surface area (Å²) in [5, 5.41) is 0. The molecule has 0 saturated heterocycles. The van der Waals surface area contributed by atoms with Crippen molar-refractivity contribution in [1.29, 1.82) is 0 Å². The lowest BCUT2D eigenvalue weighted by molar-refractivity contribution is 1.46. The molecule has 0 spiro atoms. The Morgan fingerprint density at radius 2 is 1.93 bits per heavy atom. The van der Waals surface area contributed by atoms with E-state index in [1.54, 1.807) is 12.4 Å². The average molecular weight is 185 g/mol. The van der Waals surface area contributed by atoms with Gasteiger partial charge in [-0.15, -0.1) is 0 Å². The summed E-state index contributed by atoms with van der Waals surface area (Å²) in [7, 11) is 0. The van der Waals surface area contributed by atoms with Gasteiger partial charge in [0.2, 0.25) is 0 Å². The average Bonchev–Trinajstić information content (AvgIpc) is 2.19. The van der Waals surface area contributed by atoms with E-state index >= 15 is 0 Å². The summed E-state index contributed by atoms with van der Waals surface area (Å²) < 4.78 is 0. The van der Waals surface area contributed by atoms with Crippen molar-refractivity contribution in [2.45, 2.75) is 13.8 Å². The van der Waals surface area contributed by atoms with Gasteiger partial charge in [-0.3, -0.25) is 4.99 Å². The molecule has 0 aliphatic heterocycles. The quantitative estimate of drug-likeness (QED) is 0.638. The number of hydrogen-bond donors (Lipinski definition) is 0. The van der Waals surface area contributed by atoms with Gasteiger partial charge in [0.25, 0.3) is 0 Å². The molecule has 0 heterocycles. The number of allylic oxidation sites excluding steroid dienone is 2. The van der Waals surface area contributed by atoms with Crippen molar-refractivity contribution in [3.63, 3.8) is 0 Å². The molecule has 0 aromatic heterocycles. The molecule has 0 aliphatic carbocycles. The van der Waals surface area contributed by atoms with Crippen LogP contribution in [0.15, 0.2) is 48.1 Å². The molecule has 0 atom stereocenters. The Labute approximate surface area is 85.5 Å². The minimum absolute atomic E-state index is 0.933. The van der Waals surface area contributed by atoms with Crippen LogP contribution >= 0.6 is 0 Å². The predicted octanol–water partition coefficient (Wildman–Crippen LogP) is 3.61. The standard InChI is InChI=1S/C13H15N/c1-4-9-14-10-12(3)13-7-5-11(2)6-8-13/h4-10H,3H2,1-2H3/b9-4-,14-10?. The van der Waals surface area contributed by atoms with Crippen LogP contribution in [0.5, 0.6) is 0 Å². The molecule has 0 radical (unpaired) electrons. The minimum Gasteiger partial charge on any atom is -0.264 e. The molecule has 14 heavy (non-hydrogen) atoms. The molecule has 0 unspecified atom stereocenters. The van der Waals surface area contributed by atoms with E-state index in [0.29, 0.717) is 0 Å². The first-order valence-corrected chi connectivity index (χ1v) is 4.64.